The van der Waals surface area contributed by atoms with Crippen LogP contribution in [0.3, 0.4) is 0 Å². The minimum Gasteiger partial charge on any atom is -0.424 e. The molecule has 1 amide bonds. The van der Waals surface area contributed by atoms with Crippen LogP contribution in [0.5, 0.6) is 11.8 Å². The lowest BCUT2D eigenvalue weighted by atomic mass is 9.62. The first-order valence-electron chi connectivity index (χ1n) is 10.5. The number of amides is 1. The first-order valence-corrected chi connectivity index (χ1v) is 10.9. The third kappa shape index (κ3) is 3.17. The van der Waals surface area contributed by atoms with E-state index in [1.165, 1.54) is 0 Å². The average molecular weight is 451 g/mol. The Hall–Kier alpha value is -3.26. The summed E-state index contributed by atoms with van der Waals surface area (Å²) in [5.41, 5.74) is 2.01. The number of hydrogen-bond donors (Lipinski definition) is 2. The molecule has 1 unspecified atom stereocenters. The first-order chi connectivity index (χ1) is 15.3. The standard InChI is InChI=1S/C23H23ClN6O2/c1-4-23(13-7-5-8-14(11-13)32-21-25-9-6-10-26-21)16-15(12-22(2,3)28-20(16)31)27-19-17(23)18(24)29-30-19/h5-11,19,27H,4,12H2,1-3H3,(H,28,31)/t19?,23-/m0/s1. The van der Waals surface area contributed by atoms with Crippen molar-refractivity contribution in [3.05, 3.63) is 70.3 Å². The van der Waals surface area contributed by atoms with Gasteiger partial charge in [0.1, 0.15) is 5.75 Å². The fourth-order valence-electron chi connectivity index (χ4n) is 4.94. The minimum atomic E-state index is -0.802. The molecule has 8 nitrogen and oxygen atoms in total. The molecular weight excluding hydrogens is 428 g/mol. The summed E-state index contributed by atoms with van der Waals surface area (Å²) >= 11 is 6.58. The number of halogens is 1. The fourth-order valence-corrected chi connectivity index (χ4v) is 5.25. The van der Waals surface area contributed by atoms with Crippen molar-refractivity contribution in [3.63, 3.8) is 0 Å². The molecule has 3 aliphatic heterocycles. The molecular formula is C23H23ClN6O2. The Labute approximate surface area is 190 Å². The van der Waals surface area contributed by atoms with Gasteiger partial charge in [0, 0.05) is 35.6 Å². The molecule has 32 heavy (non-hydrogen) atoms. The Morgan fingerprint density at radius 2 is 2.00 bits per heavy atom. The molecule has 5 rings (SSSR count). The predicted molar refractivity (Wildman–Crippen MR) is 119 cm³/mol. The molecule has 3 aliphatic rings. The highest BCUT2D eigenvalue weighted by Crippen LogP contribution is 2.53. The number of carbonyl (C=O) groups excluding carboxylic acids is 1. The van der Waals surface area contributed by atoms with Crippen molar-refractivity contribution in [2.24, 2.45) is 10.2 Å². The number of nitrogens with one attached hydrogen (secondary N) is 2. The van der Waals surface area contributed by atoms with Gasteiger partial charge in [0.2, 0.25) is 0 Å². The molecule has 0 saturated heterocycles. The van der Waals surface area contributed by atoms with E-state index in [-0.39, 0.29) is 17.5 Å². The number of nitrogens with zero attached hydrogens (tertiary/aromatic N) is 4. The van der Waals surface area contributed by atoms with Gasteiger partial charge in [-0.2, -0.15) is 5.11 Å². The van der Waals surface area contributed by atoms with E-state index in [2.05, 4.69) is 30.8 Å². The predicted octanol–water partition coefficient (Wildman–Crippen LogP) is 4.31. The quantitative estimate of drug-likeness (QED) is 0.676. The molecule has 0 aliphatic carbocycles. The van der Waals surface area contributed by atoms with Gasteiger partial charge < -0.3 is 15.4 Å². The fraction of sp³-hybridized carbons (Fsp3) is 0.348. The summed E-state index contributed by atoms with van der Waals surface area (Å²) in [6, 6.07) is 9.60. The summed E-state index contributed by atoms with van der Waals surface area (Å²) in [7, 11) is 0. The molecule has 0 fully saturated rings. The number of ether oxygens (including phenoxy) is 1. The van der Waals surface area contributed by atoms with Gasteiger partial charge in [0.05, 0.1) is 11.0 Å². The van der Waals surface area contributed by atoms with E-state index in [1.54, 1.807) is 18.5 Å². The first kappa shape index (κ1) is 20.6. The SMILES string of the molecule is CC[C@]1(c2cccc(Oc3ncccn3)c2)C2=C(CC(C)(C)NC2=O)NC2N=NC(Cl)=C21. The Morgan fingerprint density at radius 1 is 1.22 bits per heavy atom. The largest absolute Gasteiger partial charge is 0.424 e. The topological polar surface area (TPSA) is 101 Å². The van der Waals surface area contributed by atoms with Crippen LogP contribution in [0.4, 0.5) is 0 Å². The van der Waals surface area contributed by atoms with Crippen molar-refractivity contribution in [2.45, 2.75) is 50.7 Å². The van der Waals surface area contributed by atoms with Gasteiger partial charge in [-0.05, 0) is 44.0 Å². The maximum Gasteiger partial charge on any atom is 0.321 e. The van der Waals surface area contributed by atoms with Crippen LogP contribution >= 0.6 is 11.6 Å². The maximum absolute atomic E-state index is 13.5. The summed E-state index contributed by atoms with van der Waals surface area (Å²) in [5, 5.41) is 15.4. The second kappa shape index (κ2) is 7.41. The van der Waals surface area contributed by atoms with Crippen LogP contribution in [0.1, 0.15) is 39.2 Å². The number of aromatic nitrogens is 2. The van der Waals surface area contributed by atoms with Gasteiger partial charge in [0.25, 0.3) is 5.91 Å². The van der Waals surface area contributed by atoms with Crippen LogP contribution in [-0.4, -0.2) is 27.6 Å². The summed E-state index contributed by atoms with van der Waals surface area (Å²) in [6.07, 6.45) is 4.08. The zero-order chi connectivity index (χ0) is 22.5. The van der Waals surface area contributed by atoms with Crippen LogP contribution < -0.4 is 15.4 Å². The Balaban J connectivity index is 1.69. The Bertz CT molecular complexity index is 1190. The monoisotopic (exact) mass is 450 g/mol. The normalized spacial score (nSPS) is 25.8. The summed E-state index contributed by atoms with van der Waals surface area (Å²) in [5.74, 6) is 0.449. The van der Waals surface area contributed by atoms with E-state index < -0.39 is 11.6 Å². The molecule has 2 atom stereocenters. The number of azo groups is 1. The van der Waals surface area contributed by atoms with Gasteiger partial charge in [-0.1, -0.05) is 30.7 Å². The van der Waals surface area contributed by atoms with Crippen molar-refractivity contribution in [1.82, 2.24) is 20.6 Å². The van der Waals surface area contributed by atoms with E-state index in [0.29, 0.717) is 29.3 Å². The van der Waals surface area contributed by atoms with E-state index in [9.17, 15) is 4.79 Å². The van der Waals surface area contributed by atoms with Crippen molar-refractivity contribution in [2.75, 3.05) is 0 Å². The zero-order valence-corrected chi connectivity index (χ0v) is 18.8. The van der Waals surface area contributed by atoms with Crippen LogP contribution in [0.2, 0.25) is 0 Å². The lowest BCUT2D eigenvalue weighted by Gasteiger charge is -2.48. The van der Waals surface area contributed by atoms with Crippen molar-refractivity contribution >= 4 is 17.5 Å². The van der Waals surface area contributed by atoms with Gasteiger partial charge in [-0.25, -0.2) is 9.97 Å². The summed E-state index contributed by atoms with van der Waals surface area (Å²) in [4.78, 5) is 21.7. The molecule has 0 spiro atoms. The second-order valence-corrected chi connectivity index (χ2v) is 9.11. The van der Waals surface area contributed by atoms with E-state index in [1.807, 2.05) is 45.0 Å². The van der Waals surface area contributed by atoms with Crippen LogP contribution in [0.25, 0.3) is 0 Å². The second-order valence-electron chi connectivity index (χ2n) is 8.76. The average Bonchev–Trinajstić information content (AvgIpc) is 3.13. The smallest absolute Gasteiger partial charge is 0.321 e. The number of hydrogen-bond acceptors (Lipinski definition) is 7. The third-order valence-corrected chi connectivity index (χ3v) is 6.44. The number of rotatable bonds is 4. The molecule has 164 valence electrons. The van der Waals surface area contributed by atoms with Crippen molar-refractivity contribution < 1.29 is 9.53 Å². The minimum absolute atomic E-state index is 0.120. The van der Waals surface area contributed by atoms with Crippen LogP contribution in [-0.2, 0) is 10.2 Å². The Morgan fingerprint density at radius 3 is 2.75 bits per heavy atom. The number of benzene rings is 1. The van der Waals surface area contributed by atoms with Crippen molar-refractivity contribution in [1.29, 1.82) is 0 Å². The molecule has 9 heteroatoms. The maximum atomic E-state index is 13.5. The van der Waals surface area contributed by atoms with Gasteiger partial charge in [-0.15, -0.1) is 5.11 Å². The molecule has 0 saturated carbocycles. The van der Waals surface area contributed by atoms with Crippen LogP contribution in [0, 0.1) is 0 Å². The van der Waals surface area contributed by atoms with Gasteiger partial charge in [0.15, 0.2) is 11.3 Å². The Kier molecular flexibility index (Phi) is 4.78. The summed E-state index contributed by atoms with van der Waals surface area (Å²) in [6.45, 7) is 6.06. The lowest BCUT2D eigenvalue weighted by molar-refractivity contribution is -0.120. The third-order valence-electron chi connectivity index (χ3n) is 6.16. The van der Waals surface area contributed by atoms with Crippen LogP contribution in [0.15, 0.2) is 75.0 Å². The molecule has 4 heterocycles. The number of fused-ring (bicyclic) bond motifs is 1. The molecule has 1 aromatic carbocycles. The van der Waals surface area contributed by atoms with E-state index in [0.717, 1.165) is 16.8 Å². The number of carbonyl (C=O) groups is 1. The molecule has 1 aromatic heterocycles. The van der Waals surface area contributed by atoms with Gasteiger partial charge >= 0.3 is 6.01 Å². The van der Waals surface area contributed by atoms with E-state index in [4.69, 9.17) is 16.3 Å². The molecule has 0 radical (unpaired) electrons. The van der Waals surface area contributed by atoms with E-state index >= 15 is 0 Å². The summed E-state index contributed by atoms with van der Waals surface area (Å²) < 4.78 is 5.88. The highest BCUT2D eigenvalue weighted by Gasteiger charge is 2.54. The lowest BCUT2D eigenvalue weighted by Crippen LogP contribution is -2.58. The highest BCUT2D eigenvalue weighted by atomic mass is 35.5. The molecule has 2 N–H and O–H groups in total. The van der Waals surface area contributed by atoms with Crippen molar-refractivity contribution in [3.8, 4) is 11.8 Å². The highest BCUT2D eigenvalue weighted by molar-refractivity contribution is 6.30. The zero-order valence-electron chi connectivity index (χ0n) is 18.0. The molecule has 0 bridgehead atoms. The molecule has 2 aromatic rings. The van der Waals surface area contributed by atoms with Gasteiger partial charge in [-0.3, -0.25) is 4.79 Å².